The third-order valence-electron chi connectivity index (χ3n) is 11.0. The Morgan fingerprint density at radius 2 is 1.96 bits per heavy atom. The first-order valence-corrected chi connectivity index (χ1v) is 18.5. The lowest BCUT2D eigenvalue weighted by Gasteiger charge is -2.50. The van der Waals surface area contributed by atoms with E-state index in [1.165, 1.54) is 30.6 Å². The average Bonchev–Trinajstić information content (AvgIpc) is 3.93. The molecule has 4 aliphatic rings. The van der Waals surface area contributed by atoms with E-state index >= 15 is 8.78 Å². The molecule has 2 N–H and O–H groups in total. The van der Waals surface area contributed by atoms with Crippen LogP contribution < -0.4 is 15.4 Å². The van der Waals surface area contributed by atoms with Gasteiger partial charge in [0.2, 0.25) is 0 Å². The predicted octanol–water partition coefficient (Wildman–Crippen LogP) is 5.48. The van der Waals surface area contributed by atoms with E-state index in [-0.39, 0.29) is 92.2 Å². The number of fused-ring (bicyclic) bond motifs is 5. The number of anilines is 2. The molecule has 5 aromatic rings. The molecule has 4 fully saturated rings. The lowest BCUT2D eigenvalue weighted by Crippen LogP contribution is -2.66. The van der Waals surface area contributed by atoms with Crippen molar-refractivity contribution in [1.29, 1.82) is 10.5 Å². The van der Waals surface area contributed by atoms with E-state index in [0.717, 1.165) is 35.4 Å². The third kappa shape index (κ3) is 5.40. The molecule has 4 saturated heterocycles. The molecule has 4 atom stereocenters. The van der Waals surface area contributed by atoms with Gasteiger partial charge in [-0.15, -0.1) is 11.3 Å². The van der Waals surface area contributed by atoms with Crippen LogP contribution in [0.5, 0.6) is 6.01 Å². The normalized spacial score (nSPS) is 23.9. The fourth-order valence-corrected chi connectivity index (χ4v) is 9.86. The number of halogens is 4. The number of carbonyl (C=O) groups is 1. The number of nitriles is 2. The van der Waals surface area contributed by atoms with Crippen LogP contribution >= 0.6 is 22.9 Å². The molecule has 2 unspecified atom stereocenters. The molecule has 0 radical (unpaired) electrons. The van der Waals surface area contributed by atoms with Crippen molar-refractivity contribution < 1.29 is 27.4 Å². The number of amides is 1. The summed E-state index contributed by atoms with van der Waals surface area (Å²) >= 11 is 7.81. The van der Waals surface area contributed by atoms with Crippen LogP contribution in [-0.2, 0) is 4.74 Å². The Morgan fingerprint density at radius 1 is 1.17 bits per heavy atom. The fraction of sp³-hybridized carbons (Fsp3) is 0.389. The summed E-state index contributed by atoms with van der Waals surface area (Å²) in [5.41, 5.74) is 5.73. The Morgan fingerprint density at radius 3 is 2.70 bits per heavy atom. The Hall–Kier alpha value is -5.20. The summed E-state index contributed by atoms with van der Waals surface area (Å²) in [7, 11) is 0. The Bertz CT molecular complexity index is 2450. The Kier molecular flexibility index (Phi) is 8.31. The number of nitrogens with zero attached hydrogens (tertiary/aromatic N) is 9. The molecular formula is C36H30ClF3N10O3S. The topological polar surface area (TPSA) is 162 Å². The van der Waals surface area contributed by atoms with Gasteiger partial charge in [0.25, 0.3) is 0 Å². The predicted molar refractivity (Wildman–Crippen MR) is 193 cm³/mol. The van der Waals surface area contributed by atoms with E-state index in [2.05, 4.69) is 15.0 Å². The number of nitrogens with two attached hydrogens (primary N) is 1. The van der Waals surface area contributed by atoms with Gasteiger partial charge >= 0.3 is 12.0 Å². The van der Waals surface area contributed by atoms with E-state index in [1.807, 2.05) is 17.0 Å². The first-order valence-electron chi connectivity index (χ1n) is 17.3. The van der Waals surface area contributed by atoms with Crippen molar-refractivity contribution in [1.82, 2.24) is 29.5 Å². The van der Waals surface area contributed by atoms with Crippen LogP contribution in [0.3, 0.4) is 0 Å². The van der Waals surface area contributed by atoms with Crippen LogP contribution in [0.1, 0.15) is 30.4 Å². The van der Waals surface area contributed by atoms with Crippen LogP contribution in [0.4, 0.5) is 28.8 Å². The van der Waals surface area contributed by atoms with Crippen molar-refractivity contribution in [3.8, 4) is 29.3 Å². The fourth-order valence-electron chi connectivity index (χ4n) is 8.62. The molecule has 4 aliphatic heterocycles. The smallest absolute Gasteiger partial charge is 0.344 e. The van der Waals surface area contributed by atoms with Gasteiger partial charge in [0.1, 0.15) is 47.1 Å². The van der Waals surface area contributed by atoms with Crippen LogP contribution in [0.2, 0.25) is 5.02 Å². The van der Waals surface area contributed by atoms with Crippen LogP contribution in [0.15, 0.2) is 30.6 Å². The maximum atomic E-state index is 17.3. The van der Waals surface area contributed by atoms with Gasteiger partial charge in [0.15, 0.2) is 5.82 Å². The van der Waals surface area contributed by atoms with Crippen molar-refractivity contribution in [2.75, 3.05) is 56.6 Å². The van der Waals surface area contributed by atoms with Gasteiger partial charge in [0.05, 0.1) is 64.1 Å². The second-order valence-electron chi connectivity index (χ2n) is 14.1. The number of hydrogen-bond acceptors (Lipinski definition) is 12. The molecule has 276 valence electrons. The number of ether oxygens (including phenoxy) is 2. The summed E-state index contributed by atoms with van der Waals surface area (Å²) in [6, 6.07) is 6.61. The number of benzene rings is 2. The van der Waals surface area contributed by atoms with Crippen molar-refractivity contribution in [3.05, 3.63) is 58.4 Å². The first-order chi connectivity index (χ1) is 26.1. The monoisotopic (exact) mass is 774 g/mol. The second-order valence-corrected chi connectivity index (χ2v) is 15.6. The van der Waals surface area contributed by atoms with Crippen LogP contribution in [0, 0.1) is 34.3 Å². The number of hydrogen-bond donors (Lipinski definition) is 1. The van der Waals surface area contributed by atoms with Gasteiger partial charge < -0.3 is 25.0 Å². The van der Waals surface area contributed by atoms with Crippen LogP contribution in [0.25, 0.3) is 32.1 Å². The minimum absolute atomic E-state index is 0.00905. The molecule has 3 aromatic heterocycles. The summed E-state index contributed by atoms with van der Waals surface area (Å²) in [5.74, 6) is -1.16. The quantitative estimate of drug-likeness (QED) is 0.241. The van der Waals surface area contributed by atoms with Crippen molar-refractivity contribution in [3.63, 3.8) is 0 Å². The van der Waals surface area contributed by atoms with Crippen molar-refractivity contribution in [2.45, 2.75) is 43.1 Å². The summed E-state index contributed by atoms with van der Waals surface area (Å²) in [4.78, 5) is 28.6. The molecule has 2 aromatic carbocycles. The van der Waals surface area contributed by atoms with Gasteiger partial charge in [-0.3, -0.25) is 4.90 Å². The number of alkyl halides is 1. The number of rotatable bonds is 5. The number of aromatic nitrogens is 4. The van der Waals surface area contributed by atoms with E-state index in [4.69, 9.17) is 31.8 Å². The highest BCUT2D eigenvalue weighted by atomic mass is 35.5. The lowest BCUT2D eigenvalue weighted by molar-refractivity contribution is 0.0251. The molecule has 18 heteroatoms. The van der Waals surface area contributed by atoms with E-state index in [0.29, 0.717) is 18.8 Å². The maximum absolute atomic E-state index is 17.3. The molecule has 13 nitrogen and oxygen atoms in total. The minimum atomic E-state index is -0.993. The molecule has 9 rings (SSSR count). The summed E-state index contributed by atoms with van der Waals surface area (Å²) < 4.78 is 60.4. The number of piperazine rings is 1. The summed E-state index contributed by atoms with van der Waals surface area (Å²) in [6.07, 6.45) is 3.61. The average molecular weight is 775 g/mol. The number of carbonyl (C=O) groups excluding carboxylic acids is 1. The lowest BCUT2D eigenvalue weighted by atomic mass is 9.95. The Labute approximate surface area is 314 Å². The van der Waals surface area contributed by atoms with Gasteiger partial charge in [-0.05, 0) is 37.1 Å². The number of thiophene rings is 1. The highest BCUT2D eigenvalue weighted by molar-refractivity contribution is 7.23. The zero-order valence-corrected chi connectivity index (χ0v) is 30.0. The molecule has 2 bridgehead atoms. The second kappa shape index (κ2) is 13.0. The summed E-state index contributed by atoms with van der Waals surface area (Å²) in [5, 5.41) is 23.7. The molecule has 1 amide bonds. The third-order valence-corrected chi connectivity index (χ3v) is 12.3. The molecule has 0 saturated carbocycles. The standard InChI is InChI=1S/C36H30ClF3N10O3S/c37-25-6-23-30(29(40)28(25)22-2-3-26(39)31-27(22)24(9-42)32(43)54-31)45-34(53-17-36-4-1-5-48(36)12-19(38)7-36)46-33(23)50-20-13-47(14-21(50)16-52-15-20)35(51)49-11-18(8-41)10-44-49/h2-3,6,10-11,19-21H,1,4-5,7,12-17,43H2/t19-,20?,21?,36+/m1/s1. The zero-order chi connectivity index (χ0) is 37.5. The molecule has 0 spiro atoms. The molecule has 54 heavy (non-hydrogen) atoms. The van der Waals surface area contributed by atoms with Gasteiger partial charge in [-0.1, -0.05) is 17.7 Å². The highest BCUT2D eigenvalue weighted by Crippen LogP contribution is 2.47. The van der Waals surface area contributed by atoms with Gasteiger partial charge in [0, 0.05) is 42.4 Å². The van der Waals surface area contributed by atoms with Crippen molar-refractivity contribution >= 4 is 60.8 Å². The highest BCUT2D eigenvalue weighted by Gasteiger charge is 2.50. The molecule has 0 aliphatic carbocycles. The van der Waals surface area contributed by atoms with Gasteiger partial charge in [-0.25, -0.2) is 18.0 Å². The first kappa shape index (κ1) is 34.6. The van der Waals surface area contributed by atoms with Crippen molar-refractivity contribution in [2.24, 2.45) is 0 Å². The van der Waals surface area contributed by atoms with Crippen LogP contribution in [-0.4, -0.2) is 105 Å². The molecular weight excluding hydrogens is 745 g/mol. The maximum Gasteiger partial charge on any atom is 0.344 e. The van der Waals surface area contributed by atoms with E-state index in [9.17, 15) is 19.7 Å². The zero-order valence-electron chi connectivity index (χ0n) is 28.4. The molecule has 7 heterocycles. The Balaban J connectivity index is 1.17. The summed E-state index contributed by atoms with van der Waals surface area (Å²) in [6.45, 7) is 1.94. The SMILES string of the molecule is N#Cc1cnn(C(=O)N2CC3COCC(C2)N3c2nc(OC[C@@]34CCCN3C[C@H](F)C4)nc3c(F)c(-c4ccc(F)c5sc(N)c(C#N)c45)c(Cl)cc23)c1. The number of nitrogen functional groups attached to an aromatic ring is 1. The number of morpholine rings is 1. The minimum Gasteiger partial charge on any atom is -0.461 e. The van der Waals surface area contributed by atoms with E-state index in [1.54, 1.807) is 4.90 Å². The largest absolute Gasteiger partial charge is 0.461 e. The van der Waals surface area contributed by atoms with E-state index < -0.39 is 41.5 Å². The van der Waals surface area contributed by atoms with Gasteiger partial charge in [-0.2, -0.15) is 30.3 Å².